The van der Waals surface area contributed by atoms with Gasteiger partial charge in [-0.1, -0.05) is 26.0 Å². The maximum Gasteiger partial charge on any atom is 0.329 e. The summed E-state index contributed by atoms with van der Waals surface area (Å²) in [5.41, 5.74) is 0.562. The van der Waals surface area contributed by atoms with Gasteiger partial charge in [-0.05, 0) is 38.3 Å². The molecule has 0 spiro atoms. The fourth-order valence-electron chi connectivity index (χ4n) is 3.14. The molecular weight excluding hydrogens is 348 g/mol. The lowest BCUT2D eigenvalue weighted by Crippen LogP contribution is -2.47. The fourth-order valence-corrected chi connectivity index (χ4v) is 3.14. The predicted molar refractivity (Wildman–Crippen MR) is 99.1 cm³/mol. The number of imide groups is 1. The molecule has 0 saturated carbocycles. The molecule has 1 unspecified atom stereocenters. The van der Waals surface area contributed by atoms with E-state index in [2.05, 4.69) is 0 Å². The van der Waals surface area contributed by atoms with E-state index in [0.717, 1.165) is 4.90 Å². The minimum atomic E-state index is -1.05. The molecule has 27 heavy (non-hydrogen) atoms. The van der Waals surface area contributed by atoms with E-state index in [1.54, 1.807) is 29.2 Å². The van der Waals surface area contributed by atoms with Gasteiger partial charge in [-0.2, -0.15) is 0 Å². The lowest BCUT2D eigenvalue weighted by atomic mass is 10.0. The zero-order valence-corrected chi connectivity index (χ0v) is 16.2. The summed E-state index contributed by atoms with van der Waals surface area (Å²) in [4.78, 5) is 52.7. The van der Waals surface area contributed by atoms with Gasteiger partial charge in [-0.3, -0.25) is 19.3 Å². The summed E-state index contributed by atoms with van der Waals surface area (Å²) in [7, 11) is 0. The van der Waals surface area contributed by atoms with Crippen molar-refractivity contribution < 1.29 is 23.9 Å². The Labute approximate surface area is 159 Å². The third kappa shape index (κ3) is 4.35. The number of rotatable bonds is 8. The maximum absolute atomic E-state index is 12.7. The van der Waals surface area contributed by atoms with Crippen molar-refractivity contribution in [2.45, 2.75) is 40.2 Å². The van der Waals surface area contributed by atoms with Crippen LogP contribution in [-0.4, -0.2) is 59.2 Å². The van der Waals surface area contributed by atoms with E-state index in [1.165, 1.54) is 0 Å². The summed E-state index contributed by atoms with van der Waals surface area (Å²) >= 11 is 0. The molecule has 0 N–H and O–H groups in total. The van der Waals surface area contributed by atoms with E-state index >= 15 is 0 Å². The molecule has 0 aromatic heterocycles. The van der Waals surface area contributed by atoms with Crippen LogP contribution in [0.2, 0.25) is 0 Å². The Kier molecular flexibility index (Phi) is 6.71. The van der Waals surface area contributed by atoms with Crippen LogP contribution in [0.25, 0.3) is 0 Å². The summed E-state index contributed by atoms with van der Waals surface area (Å²) < 4.78 is 5.18. The van der Waals surface area contributed by atoms with E-state index in [-0.39, 0.29) is 29.4 Å². The summed E-state index contributed by atoms with van der Waals surface area (Å²) in [6.45, 7) is 8.08. The quantitative estimate of drug-likeness (QED) is 0.514. The van der Waals surface area contributed by atoms with Gasteiger partial charge in [0.1, 0.15) is 6.04 Å². The molecule has 1 heterocycles. The van der Waals surface area contributed by atoms with Crippen molar-refractivity contribution in [2.75, 3.05) is 19.7 Å². The smallest absolute Gasteiger partial charge is 0.329 e. The Hall–Kier alpha value is -2.70. The van der Waals surface area contributed by atoms with Crippen LogP contribution in [-0.2, 0) is 14.3 Å². The van der Waals surface area contributed by atoms with E-state index in [1.807, 2.05) is 27.7 Å². The van der Waals surface area contributed by atoms with Crippen molar-refractivity contribution in [3.8, 4) is 0 Å². The minimum Gasteiger partial charge on any atom is -0.454 e. The molecule has 7 heteroatoms. The monoisotopic (exact) mass is 374 g/mol. The molecule has 0 fully saturated rings. The predicted octanol–water partition coefficient (Wildman–Crippen LogP) is 2.11. The van der Waals surface area contributed by atoms with Crippen LogP contribution in [0.3, 0.4) is 0 Å². The van der Waals surface area contributed by atoms with Gasteiger partial charge < -0.3 is 9.64 Å². The largest absolute Gasteiger partial charge is 0.454 e. The van der Waals surface area contributed by atoms with Gasteiger partial charge in [0.15, 0.2) is 6.61 Å². The standard InChI is InChI=1S/C20H26N2O5/c1-5-21(6-2)17(23)12-27-20(26)16(11-13(3)4)22-18(24)14-9-7-8-10-15(14)19(22)25/h7-10,13,16H,5-6,11-12H2,1-4H3. The van der Waals surface area contributed by atoms with Crippen LogP contribution in [0.15, 0.2) is 24.3 Å². The number of carbonyl (C=O) groups excluding carboxylic acids is 4. The van der Waals surface area contributed by atoms with Gasteiger partial charge in [0.05, 0.1) is 11.1 Å². The molecule has 0 aliphatic carbocycles. The highest BCUT2D eigenvalue weighted by Gasteiger charge is 2.43. The van der Waals surface area contributed by atoms with Crippen LogP contribution in [0.1, 0.15) is 54.8 Å². The van der Waals surface area contributed by atoms with E-state index < -0.39 is 30.4 Å². The number of hydrogen-bond donors (Lipinski definition) is 0. The molecule has 1 aliphatic heterocycles. The first-order valence-electron chi connectivity index (χ1n) is 9.23. The molecule has 0 radical (unpaired) electrons. The lowest BCUT2D eigenvalue weighted by Gasteiger charge is -2.26. The van der Waals surface area contributed by atoms with Gasteiger partial charge in [0, 0.05) is 13.1 Å². The average Bonchev–Trinajstić information content (AvgIpc) is 2.90. The Bertz CT molecular complexity index is 705. The zero-order chi connectivity index (χ0) is 20.1. The Morgan fingerprint density at radius 3 is 2.00 bits per heavy atom. The number of benzene rings is 1. The van der Waals surface area contributed by atoms with Crippen LogP contribution in [0.4, 0.5) is 0 Å². The molecule has 0 bridgehead atoms. The third-order valence-corrected chi connectivity index (χ3v) is 4.56. The SMILES string of the molecule is CCN(CC)C(=O)COC(=O)C(CC(C)C)N1C(=O)c2ccccc2C1=O. The van der Waals surface area contributed by atoms with Gasteiger partial charge in [0.2, 0.25) is 0 Å². The number of hydrogen-bond acceptors (Lipinski definition) is 5. The van der Waals surface area contributed by atoms with Crippen LogP contribution in [0, 0.1) is 5.92 Å². The summed E-state index contributed by atoms with van der Waals surface area (Å²) in [6.07, 6.45) is 0.268. The second-order valence-corrected chi connectivity index (χ2v) is 6.84. The first-order chi connectivity index (χ1) is 12.8. The first kappa shape index (κ1) is 20.6. The number of amides is 3. The Morgan fingerprint density at radius 2 is 1.56 bits per heavy atom. The van der Waals surface area contributed by atoms with Crippen molar-refractivity contribution in [3.63, 3.8) is 0 Å². The van der Waals surface area contributed by atoms with Crippen molar-refractivity contribution in [3.05, 3.63) is 35.4 Å². The third-order valence-electron chi connectivity index (χ3n) is 4.56. The highest BCUT2D eigenvalue weighted by Crippen LogP contribution is 2.27. The molecule has 7 nitrogen and oxygen atoms in total. The first-order valence-corrected chi connectivity index (χ1v) is 9.23. The molecule has 1 atom stereocenters. The number of fused-ring (bicyclic) bond motifs is 1. The molecule has 1 aliphatic rings. The number of likely N-dealkylation sites (N-methyl/N-ethyl adjacent to an activating group) is 1. The van der Waals surface area contributed by atoms with Gasteiger partial charge >= 0.3 is 5.97 Å². The second kappa shape index (κ2) is 8.79. The van der Waals surface area contributed by atoms with Crippen molar-refractivity contribution in [1.82, 2.24) is 9.80 Å². The van der Waals surface area contributed by atoms with Crippen LogP contribution < -0.4 is 0 Å². The van der Waals surface area contributed by atoms with Gasteiger partial charge in [0.25, 0.3) is 17.7 Å². The highest BCUT2D eigenvalue weighted by atomic mass is 16.5. The lowest BCUT2D eigenvalue weighted by molar-refractivity contribution is -0.155. The zero-order valence-electron chi connectivity index (χ0n) is 16.2. The Balaban J connectivity index is 2.18. The average molecular weight is 374 g/mol. The summed E-state index contributed by atoms with van der Waals surface area (Å²) in [5.74, 6) is -2.01. The number of nitrogens with zero attached hydrogens (tertiary/aromatic N) is 2. The molecule has 146 valence electrons. The van der Waals surface area contributed by atoms with Crippen molar-refractivity contribution in [1.29, 1.82) is 0 Å². The molecule has 1 aromatic rings. The maximum atomic E-state index is 12.7. The van der Waals surface area contributed by atoms with Gasteiger partial charge in [-0.15, -0.1) is 0 Å². The van der Waals surface area contributed by atoms with Crippen LogP contribution >= 0.6 is 0 Å². The van der Waals surface area contributed by atoms with E-state index in [4.69, 9.17) is 4.74 Å². The normalized spacial score (nSPS) is 14.3. The Morgan fingerprint density at radius 1 is 1.04 bits per heavy atom. The molecule has 1 aromatic carbocycles. The fraction of sp³-hybridized carbons (Fsp3) is 0.500. The topological polar surface area (TPSA) is 84.0 Å². The summed E-state index contributed by atoms with van der Waals surface area (Å²) in [5, 5.41) is 0. The minimum absolute atomic E-state index is 0.0466. The number of carbonyl (C=O) groups is 4. The number of esters is 1. The number of ether oxygens (including phenoxy) is 1. The van der Waals surface area contributed by atoms with E-state index in [0.29, 0.717) is 13.1 Å². The molecule has 3 amide bonds. The molecule has 2 rings (SSSR count). The highest BCUT2D eigenvalue weighted by molar-refractivity contribution is 6.22. The van der Waals surface area contributed by atoms with Crippen LogP contribution in [0.5, 0.6) is 0 Å². The van der Waals surface area contributed by atoms with E-state index in [9.17, 15) is 19.2 Å². The van der Waals surface area contributed by atoms with Gasteiger partial charge in [-0.25, -0.2) is 4.79 Å². The molecule has 0 saturated heterocycles. The van der Waals surface area contributed by atoms with Crippen molar-refractivity contribution in [2.24, 2.45) is 5.92 Å². The second-order valence-electron chi connectivity index (χ2n) is 6.84. The summed E-state index contributed by atoms with van der Waals surface area (Å²) in [6, 6.07) is 5.42. The van der Waals surface area contributed by atoms with Crippen molar-refractivity contribution >= 4 is 23.7 Å². The molecular formula is C20H26N2O5.